The molecule has 188 valence electrons. The number of sulfonamides is 1. The Morgan fingerprint density at radius 3 is 2.22 bits per heavy atom. The van der Waals surface area contributed by atoms with Crippen LogP contribution >= 0.6 is 11.6 Å². The number of pyridine rings is 1. The Morgan fingerprint density at radius 1 is 0.972 bits per heavy atom. The molecule has 0 saturated heterocycles. The third-order valence-electron chi connectivity index (χ3n) is 5.68. The number of nitrogens with zero attached hydrogens (tertiary/aromatic N) is 6. The maximum absolute atomic E-state index is 13.5. The van der Waals surface area contributed by atoms with Gasteiger partial charge in [0.05, 0.1) is 24.5 Å². The number of hydrogen-bond donors (Lipinski definition) is 1. The van der Waals surface area contributed by atoms with E-state index >= 15 is 0 Å². The summed E-state index contributed by atoms with van der Waals surface area (Å²) in [6, 6.07) is 8.75. The van der Waals surface area contributed by atoms with Crippen LogP contribution in [0.4, 0.5) is 5.95 Å². The highest BCUT2D eigenvalue weighted by atomic mass is 35.5. The minimum atomic E-state index is -3.99. The first-order chi connectivity index (χ1) is 17.3. The molecular weight excluding hydrogens is 506 g/mol. The van der Waals surface area contributed by atoms with Gasteiger partial charge >= 0.3 is 0 Å². The molecule has 4 aromatic rings. The third kappa shape index (κ3) is 4.95. The van der Waals surface area contributed by atoms with E-state index in [1.807, 2.05) is 0 Å². The van der Waals surface area contributed by atoms with E-state index in [1.165, 1.54) is 31.2 Å². The lowest BCUT2D eigenvalue weighted by molar-refractivity contribution is 0.391. The van der Waals surface area contributed by atoms with E-state index < -0.39 is 21.2 Å². The minimum Gasteiger partial charge on any atom is -0.494 e. The highest BCUT2D eigenvalue weighted by Crippen LogP contribution is 2.38. The number of anilines is 1. The van der Waals surface area contributed by atoms with Crippen LogP contribution in [0.15, 0.2) is 55.1 Å². The number of para-hydroxylation sites is 1. The zero-order valence-corrected chi connectivity index (χ0v) is 21.5. The number of rotatable bonds is 9. The lowest BCUT2D eigenvalue weighted by atomic mass is 10.1. The van der Waals surface area contributed by atoms with Crippen molar-refractivity contribution in [3.05, 3.63) is 66.0 Å². The molecule has 0 unspecified atom stereocenters. The zero-order valence-electron chi connectivity index (χ0n) is 20.0. The van der Waals surface area contributed by atoms with Gasteiger partial charge in [-0.05, 0) is 31.2 Å². The van der Waals surface area contributed by atoms with Gasteiger partial charge in [-0.2, -0.15) is 0 Å². The van der Waals surface area contributed by atoms with Gasteiger partial charge in [0.2, 0.25) is 16.0 Å². The zero-order chi connectivity index (χ0) is 25.9. The SMILES string of the molecule is COc1cccc(OC)c1-n1c(NS(=O)(=O)[C@H](C)[C@H](C)c2ncc(Cl)cn2)nnc1-c1cccnc1. The molecule has 4 rings (SSSR count). The normalized spacial score (nSPS) is 13.1. The second-order valence-electron chi connectivity index (χ2n) is 7.84. The summed E-state index contributed by atoms with van der Waals surface area (Å²) in [5.41, 5.74) is 1.03. The topological polar surface area (TPSA) is 134 Å². The lowest BCUT2D eigenvalue weighted by Crippen LogP contribution is -2.31. The summed E-state index contributed by atoms with van der Waals surface area (Å²) in [7, 11) is -0.981. The van der Waals surface area contributed by atoms with Crippen molar-refractivity contribution in [2.24, 2.45) is 0 Å². The summed E-state index contributed by atoms with van der Waals surface area (Å²) < 4.78 is 42.2. The van der Waals surface area contributed by atoms with E-state index in [2.05, 4.69) is 29.9 Å². The van der Waals surface area contributed by atoms with Crippen molar-refractivity contribution in [1.82, 2.24) is 29.7 Å². The van der Waals surface area contributed by atoms with Gasteiger partial charge in [0, 0.05) is 36.3 Å². The molecule has 0 fully saturated rings. The van der Waals surface area contributed by atoms with Gasteiger partial charge in [-0.15, -0.1) is 10.2 Å². The van der Waals surface area contributed by atoms with Crippen LogP contribution < -0.4 is 14.2 Å². The Kier molecular flexibility index (Phi) is 7.36. The van der Waals surface area contributed by atoms with E-state index in [0.29, 0.717) is 39.4 Å². The summed E-state index contributed by atoms with van der Waals surface area (Å²) in [5, 5.41) is 7.87. The average Bonchev–Trinajstić information content (AvgIpc) is 3.30. The Bertz CT molecular complexity index is 1430. The standard InChI is InChI=1S/C23H24ClN7O4S/c1-14(21-26-12-17(24)13-27-21)15(2)36(32,33)30-23-29-28-22(16-7-6-10-25-11-16)31(23)20-18(34-3)8-5-9-19(20)35-4/h5-15H,1-4H3,(H,29,30)/t14-,15+/m0/s1. The first-order valence-electron chi connectivity index (χ1n) is 10.8. The van der Waals surface area contributed by atoms with Crippen LogP contribution in [0.5, 0.6) is 11.5 Å². The fourth-order valence-corrected chi connectivity index (χ4v) is 4.88. The molecule has 1 N–H and O–H groups in total. The molecule has 0 aliphatic carbocycles. The van der Waals surface area contributed by atoms with Crippen LogP contribution in [0, 0.1) is 0 Å². The predicted octanol–water partition coefficient (Wildman–Crippen LogP) is 3.72. The van der Waals surface area contributed by atoms with Crippen LogP contribution in [0.3, 0.4) is 0 Å². The van der Waals surface area contributed by atoms with Crippen molar-refractivity contribution in [3.63, 3.8) is 0 Å². The fraction of sp³-hybridized carbons (Fsp3) is 0.261. The van der Waals surface area contributed by atoms with Gasteiger partial charge in [-0.25, -0.2) is 18.4 Å². The first-order valence-corrected chi connectivity index (χ1v) is 12.8. The number of nitrogens with one attached hydrogen (secondary N) is 1. The largest absolute Gasteiger partial charge is 0.494 e. The van der Waals surface area contributed by atoms with Crippen LogP contribution in [0.25, 0.3) is 17.1 Å². The van der Waals surface area contributed by atoms with E-state index in [4.69, 9.17) is 21.1 Å². The summed E-state index contributed by atoms with van der Waals surface area (Å²) in [6.07, 6.45) is 6.08. The molecule has 0 aliphatic heterocycles. The molecular formula is C23H24ClN7O4S. The molecule has 0 aliphatic rings. The van der Waals surface area contributed by atoms with Crippen molar-refractivity contribution in [3.8, 4) is 28.6 Å². The van der Waals surface area contributed by atoms with Gasteiger partial charge in [0.25, 0.3) is 0 Å². The Labute approximate surface area is 213 Å². The molecule has 3 aromatic heterocycles. The quantitative estimate of drug-likeness (QED) is 0.344. The predicted molar refractivity (Wildman–Crippen MR) is 135 cm³/mol. The summed E-state index contributed by atoms with van der Waals surface area (Å²) >= 11 is 5.87. The highest BCUT2D eigenvalue weighted by Gasteiger charge is 2.32. The second kappa shape index (κ2) is 10.5. The number of methoxy groups -OCH3 is 2. The number of hydrogen-bond acceptors (Lipinski definition) is 9. The van der Waals surface area contributed by atoms with Gasteiger partial charge in [-0.3, -0.25) is 14.3 Å². The smallest absolute Gasteiger partial charge is 0.243 e. The van der Waals surface area contributed by atoms with Crippen LogP contribution in [0.1, 0.15) is 25.6 Å². The van der Waals surface area contributed by atoms with Crippen molar-refractivity contribution in [2.75, 3.05) is 18.9 Å². The van der Waals surface area contributed by atoms with E-state index in [1.54, 1.807) is 56.6 Å². The maximum atomic E-state index is 13.5. The van der Waals surface area contributed by atoms with Crippen molar-refractivity contribution in [2.45, 2.75) is 25.0 Å². The molecule has 3 heterocycles. The molecule has 0 spiro atoms. The van der Waals surface area contributed by atoms with Gasteiger partial charge in [0.15, 0.2) is 5.82 Å². The number of benzene rings is 1. The highest BCUT2D eigenvalue weighted by molar-refractivity contribution is 7.93. The Hall–Kier alpha value is -3.77. The molecule has 1 aromatic carbocycles. The lowest BCUT2D eigenvalue weighted by Gasteiger charge is -2.21. The molecule has 0 bridgehead atoms. The summed E-state index contributed by atoms with van der Waals surface area (Å²) in [6.45, 7) is 3.29. The van der Waals surface area contributed by atoms with Crippen LogP contribution in [-0.4, -0.2) is 57.6 Å². The van der Waals surface area contributed by atoms with Crippen molar-refractivity contribution >= 4 is 27.6 Å². The van der Waals surface area contributed by atoms with Gasteiger partial charge in [0.1, 0.15) is 23.0 Å². The second-order valence-corrected chi connectivity index (χ2v) is 10.3. The van der Waals surface area contributed by atoms with Gasteiger partial charge in [-0.1, -0.05) is 24.6 Å². The van der Waals surface area contributed by atoms with Crippen LogP contribution in [0.2, 0.25) is 5.02 Å². The number of halogens is 1. The monoisotopic (exact) mass is 529 g/mol. The fourth-order valence-electron chi connectivity index (χ4n) is 3.55. The minimum absolute atomic E-state index is 0.0484. The summed E-state index contributed by atoms with van der Waals surface area (Å²) in [4.78, 5) is 12.5. The first kappa shape index (κ1) is 25.3. The number of aromatic nitrogens is 6. The van der Waals surface area contributed by atoms with Crippen LogP contribution in [-0.2, 0) is 10.0 Å². The van der Waals surface area contributed by atoms with Gasteiger partial charge < -0.3 is 9.47 Å². The molecule has 11 nitrogen and oxygen atoms in total. The summed E-state index contributed by atoms with van der Waals surface area (Å²) in [5.74, 6) is 0.945. The molecule has 0 amide bonds. The Balaban J connectivity index is 1.81. The molecule has 0 radical (unpaired) electrons. The van der Waals surface area contributed by atoms with Crippen molar-refractivity contribution < 1.29 is 17.9 Å². The average molecular weight is 530 g/mol. The number of ether oxygens (including phenoxy) is 2. The molecule has 0 saturated carbocycles. The molecule has 13 heteroatoms. The maximum Gasteiger partial charge on any atom is 0.243 e. The third-order valence-corrected chi connectivity index (χ3v) is 7.73. The van der Waals surface area contributed by atoms with E-state index in [-0.39, 0.29) is 5.95 Å². The molecule has 2 atom stereocenters. The molecule has 36 heavy (non-hydrogen) atoms. The van der Waals surface area contributed by atoms with E-state index in [9.17, 15) is 8.42 Å². The van der Waals surface area contributed by atoms with E-state index in [0.717, 1.165) is 0 Å². The van der Waals surface area contributed by atoms with Crippen molar-refractivity contribution in [1.29, 1.82) is 0 Å². The Morgan fingerprint density at radius 2 is 1.64 bits per heavy atom.